The van der Waals surface area contributed by atoms with Crippen molar-refractivity contribution in [2.24, 2.45) is 0 Å². The minimum Gasteiger partial charge on any atom is -0.318 e. The van der Waals surface area contributed by atoms with Gasteiger partial charge in [-0.1, -0.05) is 12.1 Å². The molecule has 106 valence electrons. The highest BCUT2D eigenvalue weighted by Crippen LogP contribution is 2.15. The summed E-state index contributed by atoms with van der Waals surface area (Å²) < 4.78 is 25.2. The van der Waals surface area contributed by atoms with E-state index in [1.54, 1.807) is 7.05 Å². The number of hydrogen-bond acceptors (Lipinski definition) is 5. The molecule has 0 aliphatic heterocycles. The lowest BCUT2D eigenvalue weighted by Crippen LogP contribution is -2.33. The van der Waals surface area contributed by atoms with Gasteiger partial charge in [0.2, 0.25) is 10.0 Å². The molecule has 1 N–H and O–H groups in total. The lowest BCUT2D eigenvalue weighted by molar-refractivity contribution is -0.384. The van der Waals surface area contributed by atoms with Crippen molar-refractivity contribution >= 4 is 15.7 Å². The third-order valence-corrected chi connectivity index (χ3v) is 4.48. The van der Waals surface area contributed by atoms with E-state index >= 15 is 0 Å². The van der Waals surface area contributed by atoms with E-state index in [0.29, 0.717) is 18.7 Å². The van der Waals surface area contributed by atoms with E-state index in [1.807, 2.05) is 0 Å². The predicted octanol–water partition coefficient (Wildman–Crippen LogP) is 0.576. The van der Waals surface area contributed by atoms with Crippen LogP contribution >= 0.6 is 0 Å². The van der Waals surface area contributed by atoms with E-state index in [4.69, 9.17) is 0 Å². The van der Waals surface area contributed by atoms with Gasteiger partial charge in [-0.15, -0.1) is 0 Å². The summed E-state index contributed by atoms with van der Waals surface area (Å²) in [5.74, 6) is -0.161. The number of rotatable bonds is 7. The van der Waals surface area contributed by atoms with Crippen LogP contribution in [0.3, 0.4) is 0 Å². The monoisotopic (exact) mass is 287 g/mol. The number of hydrogen-bond donors (Lipinski definition) is 1. The van der Waals surface area contributed by atoms with Crippen molar-refractivity contribution in [1.82, 2.24) is 9.62 Å². The molecule has 0 fully saturated rings. The average molecular weight is 287 g/mol. The number of sulfonamides is 1. The Hall–Kier alpha value is -1.51. The molecule has 0 amide bonds. The molecule has 0 aromatic heterocycles. The molecule has 0 aliphatic rings. The largest absolute Gasteiger partial charge is 0.318 e. The zero-order valence-electron chi connectivity index (χ0n) is 10.9. The summed E-state index contributed by atoms with van der Waals surface area (Å²) in [5, 5.41) is 13.4. The highest BCUT2D eigenvalue weighted by Gasteiger charge is 2.18. The number of likely N-dealkylation sites (N-methyl/N-ethyl adjacent to an activating group) is 2. The first-order chi connectivity index (χ1) is 8.86. The summed E-state index contributed by atoms with van der Waals surface area (Å²) in [4.78, 5) is 9.98. The van der Waals surface area contributed by atoms with Crippen molar-refractivity contribution in [3.8, 4) is 0 Å². The normalized spacial score (nSPS) is 11.7. The molecule has 0 heterocycles. The fraction of sp³-hybridized carbons (Fsp3) is 0.455. The Labute approximate surface area is 112 Å². The fourth-order valence-corrected chi connectivity index (χ4v) is 2.65. The molecule has 0 unspecified atom stereocenters. The number of nitro groups is 1. The molecule has 19 heavy (non-hydrogen) atoms. The lowest BCUT2D eigenvalue weighted by Gasteiger charge is -2.16. The Morgan fingerprint density at radius 2 is 1.89 bits per heavy atom. The van der Waals surface area contributed by atoms with Gasteiger partial charge in [0.1, 0.15) is 0 Å². The zero-order chi connectivity index (χ0) is 14.5. The van der Waals surface area contributed by atoms with E-state index in [-0.39, 0.29) is 11.4 Å². The van der Waals surface area contributed by atoms with Gasteiger partial charge in [0, 0.05) is 32.3 Å². The summed E-state index contributed by atoms with van der Waals surface area (Å²) in [6.07, 6.45) is 0. The van der Waals surface area contributed by atoms with Crippen LogP contribution in [0.25, 0.3) is 0 Å². The maximum absolute atomic E-state index is 12.0. The van der Waals surface area contributed by atoms with Gasteiger partial charge in [0.05, 0.1) is 10.7 Å². The number of non-ortho nitro benzene ring substituents is 1. The van der Waals surface area contributed by atoms with Gasteiger partial charge < -0.3 is 5.32 Å². The van der Waals surface area contributed by atoms with E-state index in [0.717, 1.165) is 0 Å². The van der Waals surface area contributed by atoms with Crippen molar-refractivity contribution in [3.63, 3.8) is 0 Å². The Balaban J connectivity index is 2.75. The van der Waals surface area contributed by atoms with Gasteiger partial charge in [0.25, 0.3) is 5.69 Å². The van der Waals surface area contributed by atoms with Gasteiger partial charge in [-0.05, 0) is 12.6 Å². The van der Waals surface area contributed by atoms with E-state index in [2.05, 4.69) is 5.32 Å². The van der Waals surface area contributed by atoms with Gasteiger partial charge in [-0.25, -0.2) is 12.7 Å². The van der Waals surface area contributed by atoms with Crippen molar-refractivity contribution in [1.29, 1.82) is 0 Å². The third-order valence-electron chi connectivity index (χ3n) is 2.65. The molecule has 0 spiro atoms. The highest BCUT2D eigenvalue weighted by atomic mass is 32.2. The molecule has 0 bridgehead atoms. The van der Waals surface area contributed by atoms with Crippen LogP contribution in [0.2, 0.25) is 0 Å². The molecule has 0 saturated carbocycles. The number of nitrogens with one attached hydrogen (secondary N) is 1. The maximum atomic E-state index is 12.0. The van der Waals surface area contributed by atoms with Crippen LogP contribution in [-0.2, 0) is 15.8 Å². The number of benzene rings is 1. The zero-order valence-corrected chi connectivity index (χ0v) is 11.7. The van der Waals surface area contributed by atoms with Crippen LogP contribution < -0.4 is 5.32 Å². The van der Waals surface area contributed by atoms with Crippen LogP contribution in [-0.4, -0.2) is 44.8 Å². The smallest absolute Gasteiger partial charge is 0.269 e. The molecule has 1 aromatic carbocycles. The van der Waals surface area contributed by atoms with Crippen molar-refractivity contribution in [3.05, 3.63) is 39.9 Å². The molecule has 0 atom stereocenters. The third kappa shape index (κ3) is 4.58. The fourth-order valence-electron chi connectivity index (χ4n) is 1.44. The molecule has 0 radical (unpaired) electrons. The van der Waals surface area contributed by atoms with Crippen LogP contribution in [0.15, 0.2) is 24.3 Å². The lowest BCUT2D eigenvalue weighted by atomic mass is 10.2. The van der Waals surface area contributed by atoms with Gasteiger partial charge >= 0.3 is 0 Å². The van der Waals surface area contributed by atoms with Crippen molar-refractivity contribution in [2.75, 3.05) is 27.2 Å². The van der Waals surface area contributed by atoms with Crippen LogP contribution in [0.5, 0.6) is 0 Å². The van der Waals surface area contributed by atoms with Crippen LogP contribution in [0.4, 0.5) is 5.69 Å². The topological polar surface area (TPSA) is 92.6 Å². The van der Waals surface area contributed by atoms with Gasteiger partial charge in [-0.2, -0.15) is 0 Å². The molecule has 1 rings (SSSR count). The molecule has 0 saturated heterocycles. The summed E-state index contributed by atoms with van der Waals surface area (Å²) >= 11 is 0. The quantitative estimate of drug-likeness (QED) is 0.585. The maximum Gasteiger partial charge on any atom is 0.269 e. The second kappa shape index (κ2) is 6.60. The second-order valence-corrected chi connectivity index (χ2v) is 6.18. The minimum absolute atomic E-state index is 0.0512. The molecule has 0 aliphatic carbocycles. The summed E-state index contributed by atoms with van der Waals surface area (Å²) in [5.41, 5.74) is 0.478. The summed E-state index contributed by atoms with van der Waals surface area (Å²) in [7, 11) is -0.136. The van der Waals surface area contributed by atoms with Gasteiger partial charge in [-0.3, -0.25) is 10.1 Å². The minimum atomic E-state index is -3.40. The Bertz CT molecular complexity index is 527. The average Bonchev–Trinajstić information content (AvgIpc) is 2.36. The molecule has 1 aromatic rings. The van der Waals surface area contributed by atoms with E-state index in [9.17, 15) is 18.5 Å². The van der Waals surface area contributed by atoms with E-state index in [1.165, 1.54) is 35.6 Å². The Morgan fingerprint density at radius 3 is 2.37 bits per heavy atom. The van der Waals surface area contributed by atoms with E-state index < -0.39 is 14.9 Å². The Morgan fingerprint density at radius 1 is 1.32 bits per heavy atom. The molecular formula is C11H17N3O4S. The van der Waals surface area contributed by atoms with Crippen LogP contribution in [0.1, 0.15) is 5.56 Å². The number of nitrogens with zero attached hydrogens (tertiary/aromatic N) is 2. The summed E-state index contributed by atoms with van der Waals surface area (Å²) in [6.45, 7) is 0.946. The molecule has 8 heteroatoms. The van der Waals surface area contributed by atoms with Crippen molar-refractivity contribution in [2.45, 2.75) is 5.75 Å². The number of nitro benzene ring substituents is 1. The predicted molar refractivity (Wildman–Crippen MR) is 72.3 cm³/mol. The van der Waals surface area contributed by atoms with Crippen LogP contribution in [0, 0.1) is 10.1 Å². The highest BCUT2D eigenvalue weighted by molar-refractivity contribution is 7.88. The first-order valence-corrected chi connectivity index (χ1v) is 7.29. The Kier molecular flexibility index (Phi) is 5.40. The second-order valence-electron chi connectivity index (χ2n) is 4.10. The molecular weight excluding hydrogens is 270 g/mol. The van der Waals surface area contributed by atoms with Crippen molar-refractivity contribution < 1.29 is 13.3 Å². The van der Waals surface area contributed by atoms with Gasteiger partial charge in [0.15, 0.2) is 0 Å². The first-order valence-electron chi connectivity index (χ1n) is 5.69. The summed E-state index contributed by atoms with van der Waals surface area (Å²) in [6, 6.07) is 5.53. The molecule has 7 nitrogen and oxygen atoms in total. The SMILES string of the molecule is CNCCN(C)S(=O)(=O)Cc1ccc([N+](=O)[O-])cc1. The standard InChI is InChI=1S/C11H17N3O4S/c1-12-7-8-13(2)19(17,18)9-10-3-5-11(6-4-10)14(15)16/h3-6,12H,7-9H2,1-2H3. The first kappa shape index (κ1) is 15.5.